The van der Waals surface area contributed by atoms with Gasteiger partial charge in [-0.05, 0) is 40.8 Å². The molecule has 8 nitrogen and oxygen atoms in total. The normalized spacial score (nSPS) is 12.0. The van der Waals surface area contributed by atoms with Gasteiger partial charge in [0.1, 0.15) is 12.4 Å². The molecule has 0 bridgehead atoms. The topological polar surface area (TPSA) is 109 Å². The lowest BCUT2D eigenvalue weighted by atomic mass is 9.98. The Morgan fingerprint density at radius 1 is 0.971 bits per heavy atom. The Hall–Kier alpha value is -4.07. The van der Waals surface area contributed by atoms with Crippen molar-refractivity contribution in [1.29, 1.82) is 0 Å². The zero-order chi connectivity index (χ0) is 24.8. The first-order valence-electron chi connectivity index (χ1n) is 11.7. The highest BCUT2D eigenvalue weighted by Crippen LogP contribution is 2.44. The lowest BCUT2D eigenvalue weighted by Gasteiger charge is -2.19. The largest absolute Gasteiger partial charge is 0.481 e. The molecule has 1 aliphatic carbocycles. The summed E-state index contributed by atoms with van der Waals surface area (Å²) < 4.78 is 11.1. The minimum absolute atomic E-state index is 0.0312. The Morgan fingerprint density at radius 3 is 2.26 bits per heavy atom. The molecule has 1 heterocycles. The molecule has 2 aromatic carbocycles. The van der Waals surface area contributed by atoms with E-state index in [1.807, 2.05) is 31.2 Å². The van der Waals surface area contributed by atoms with Gasteiger partial charge in [-0.15, -0.1) is 0 Å². The molecule has 2 amide bonds. The second kappa shape index (κ2) is 10.9. The van der Waals surface area contributed by atoms with Crippen molar-refractivity contribution in [3.05, 3.63) is 83.3 Å². The highest BCUT2D eigenvalue weighted by Gasteiger charge is 2.29. The summed E-state index contributed by atoms with van der Waals surface area (Å²) in [5.74, 6) is -0.868. The number of amides is 2. The molecule has 8 heteroatoms. The predicted octanol–water partition coefficient (Wildman–Crippen LogP) is 4.65. The Labute approximate surface area is 203 Å². The van der Waals surface area contributed by atoms with Crippen LogP contribution in [0.15, 0.2) is 65.1 Å². The Kier molecular flexibility index (Phi) is 7.50. The fraction of sp³-hybridized carbons (Fsp3) is 0.296. The quantitative estimate of drug-likeness (QED) is 0.441. The predicted molar refractivity (Wildman–Crippen MR) is 129 cm³/mol. The van der Waals surface area contributed by atoms with E-state index in [-0.39, 0.29) is 43.7 Å². The number of fused-ring (bicyclic) bond motifs is 3. The standard InChI is InChI=1S/C27H28N2O6/c1-2-14-29(15-13-25(30)31)26(32)24-12-11-18(35-24)16-28-27(33)34-17-23-21-9-5-3-7-19(21)20-8-4-6-10-22(20)23/h3-12,23H,2,13-17H2,1H3,(H,28,33)(H,30,31). The Morgan fingerprint density at radius 2 is 1.63 bits per heavy atom. The number of ether oxygens (including phenoxy) is 1. The third kappa shape index (κ3) is 5.54. The highest BCUT2D eigenvalue weighted by atomic mass is 16.5. The number of carbonyl (C=O) groups is 3. The van der Waals surface area contributed by atoms with E-state index in [2.05, 4.69) is 29.6 Å². The first-order chi connectivity index (χ1) is 17.0. The van der Waals surface area contributed by atoms with E-state index < -0.39 is 12.1 Å². The third-order valence-electron chi connectivity index (χ3n) is 6.00. The molecule has 0 radical (unpaired) electrons. The zero-order valence-electron chi connectivity index (χ0n) is 19.5. The van der Waals surface area contributed by atoms with Gasteiger partial charge in [0.05, 0.1) is 13.0 Å². The smallest absolute Gasteiger partial charge is 0.407 e. The van der Waals surface area contributed by atoms with Gasteiger partial charge >= 0.3 is 12.1 Å². The molecule has 4 rings (SSSR count). The van der Waals surface area contributed by atoms with E-state index in [1.165, 1.54) is 11.0 Å². The molecule has 0 saturated heterocycles. The number of rotatable bonds is 10. The number of nitrogens with zero attached hydrogens (tertiary/aromatic N) is 1. The van der Waals surface area contributed by atoms with Gasteiger partial charge in [-0.25, -0.2) is 4.79 Å². The van der Waals surface area contributed by atoms with Gasteiger partial charge in [-0.3, -0.25) is 9.59 Å². The summed E-state index contributed by atoms with van der Waals surface area (Å²) in [7, 11) is 0. The van der Waals surface area contributed by atoms with E-state index in [0.29, 0.717) is 18.7 Å². The summed E-state index contributed by atoms with van der Waals surface area (Å²) >= 11 is 0. The number of nitrogens with one attached hydrogen (secondary N) is 1. The van der Waals surface area contributed by atoms with Crippen LogP contribution < -0.4 is 5.32 Å². The molecule has 1 aromatic heterocycles. The summed E-state index contributed by atoms with van der Waals surface area (Å²) in [6.07, 6.45) is -0.0181. The van der Waals surface area contributed by atoms with Crippen LogP contribution in [0.25, 0.3) is 11.1 Å². The highest BCUT2D eigenvalue weighted by molar-refractivity contribution is 5.91. The van der Waals surface area contributed by atoms with Crippen LogP contribution in [0.4, 0.5) is 4.79 Å². The van der Waals surface area contributed by atoms with Gasteiger partial charge in [0, 0.05) is 19.0 Å². The van der Waals surface area contributed by atoms with Crippen LogP contribution >= 0.6 is 0 Å². The molecule has 0 aliphatic heterocycles. The van der Waals surface area contributed by atoms with Gasteiger partial charge in [0.15, 0.2) is 5.76 Å². The van der Waals surface area contributed by atoms with Crippen molar-refractivity contribution in [2.24, 2.45) is 0 Å². The van der Waals surface area contributed by atoms with Crippen LogP contribution in [0, 0.1) is 0 Å². The minimum atomic E-state index is -0.966. The summed E-state index contributed by atoms with van der Waals surface area (Å²) in [6.45, 7) is 2.72. The number of hydrogen-bond acceptors (Lipinski definition) is 5. The van der Waals surface area contributed by atoms with Crippen LogP contribution in [-0.2, 0) is 16.1 Å². The van der Waals surface area contributed by atoms with Gasteiger partial charge < -0.3 is 24.5 Å². The first-order valence-corrected chi connectivity index (χ1v) is 11.7. The minimum Gasteiger partial charge on any atom is -0.481 e. The van der Waals surface area contributed by atoms with Crippen molar-refractivity contribution < 1.29 is 28.6 Å². The maximum atomic E-state index is 12.7. The fourth-order valence-corrected chi connectivity index (χ4v) is 4.37. The fourth-order valence-electron chi connectivity index (χ4n) is 4.37. The molecule has 3 aromatic rings. The molecule has 1 aliphatic rings. The Bertz CT molecular complexity index is 1170. The van der Waals surface area contributed by atoms with Crippen LogP contribution in [0.1, 0.15) is 53.1 Å². The van der Waals surface area contributed by atoms with Crippen molar-refractivity contribution in [2.45, 2.75) is 32.2 Å². The van der Waals surface area contributed by atoms with E-state index in [1.54, 1.807) is 6.07 Å². The Balaban J connectivity index is 1.31. The van der Waals surface area contributed by atoms with Crippen molar-refractivity contribution in [1.82, 2.24) is 10.2 Å². The van der Waals surface area contributed by atoms with Crippen molar-refractivity contribution >= 4 is 18.0 Å². The summed E-state index contributed by atoms with van der Waals surface area (Å²) in [5, 5.41) is 11.6. The number of alkyl carbamates (subject to hydrolysis) is 1. The molecule has 0 fully saturated rings. The lowest BCUT2D eigenvalue weighted by molar-refractivity contribution is -0.137. The van der Waals surface area contributed by atoms with E-state index in [0.717, 1.165) is 22.3 Å². The van der Waals surface area contributed by atoms with Crippen molar-refractivity contribution in [3.8, 4) is 11.1 Å². The van der Waals surface area contributed by atoms with Gasteiger partial charge in [-0.1, -0.05) is 55.5 Å². The second-order valence-corrected chi connectivity index (χ2v) is 8.38. The molecular weight excluding hydrogens is 448 g/mol. The number of carbonyl (C=O) groups excluding carboxylic acids is 2. The van der Waals surface area contributed by atoms with Gasteiger partial charge in [0.25, 0.3) is 5.91 Å². The van der Waals surface area contributed by atoms with Crippen LogP contribution in [0.5, 0.6) is 0 Å². The average molecular weight is 477 g/mol. The van der Waals surface area contributed by atoms with E-state index >= 15 is 0 Å². The number of hydrogen-bond donors (Lipinski definition) is 2. The molecule has 0 saturated carbocycles. The van der Waals surface area contributed by atoms with Crippen LogP contribution in [-0.4, -0.2) is 47.7 Å². The molecular formula is C27H28N2O6. The van der Waals surface area contributed by atoms with Crippen LogP contribution in [0.3, 0.4) is 0 Å². The third-order valence-corrected chi connectivity index (χ3v) is 6.00. The molecule has 35 heavy (non-hydrogen) atoms. The van der Waals surface area contributed by atoms with Crippen LogP contribution in [0.2, 0.25) is 0 Å². The second-order valence-electron chi connectivity index (χ2n) is 8.38. The zero-order valence-corrected chi connectivity index (χ0v) is 19.5. The number of benzene rings is 2. The SMILES string of the molecule is CCCN(CCC(=O)O)C(=O)c1ccc(CNC(=O)OCC2c3ccccc3-c3ccccc32)o1. The maximum Gasteiger partial charge on any atom is 0.407 e. The number of furan rings is 1. The molecule has 2 N–H and O–H groups in total. The van der Waals surface area contributed by atoms with E-state index in [9.17, 15) is 14.4 Å². The summed E-state index contributed by atoms with van der Waals surface area (Å²) in [5.41, 5.74) is 4.58. The van der Waals surface area contributed by atoms with Gasteiger partial charge in [-0.2, -0.15) is 0 Å². The monoisotopic (exact) mass is 476 g/mol. The number of carboxylic acid groups (broad SMARTS) is 1. The lowest BCUT2D eigenvalue weighted by Crippen LogP contribution is -2.33. The van der Waals surface area contributed by atoms with Gasteiger partial charge in [0.2, 0.25) is 0 Å². The molecule has 0 spiro atoms. The van der Waals surface area contributed by atoms with Crippen molar-refractivity contribution in [3.63, 3.8) is 0 Å². The maximum absolute atomic E-state index is 12.7. The summed E-state index contributed by atoms with van der Waals surface area (Å²) in [4.78, 5) is 37.4. The number of carboxylic acids is 1. The number of aliphatic carboxylic acids is 1. The molecule has 182 valence electrons. The van der Waals surface area contributed by atoms with Crippen molar-refractivity contribution in [2.75, 3.05) is 19.7 Å². The molecule has 0 atom stereocenters. The average Bonchev–Trinajstić information content (AvgIpc) is 3.46. The summed E-state index contributed by atoms with van der Waals surface area (Å²) in [6, 6.07) is 19.4. The van der Waals surface area contributed by atoms with E-state index in [4.69, 9.17) is 14.3 Å². The first kappa shape index (κ1) is 24.1. The molecule has 0 unspecified atom stereocenters.